The summed E-state index contributed by atoms with van der Waals surface area (Å²) in [6.45, 7) is 4.69. The molecule has 0 unspecified atom stereocenters. The number of ether oxygens (including phenoxy) is 1. The van der Waals surface area contributed by atoms with Gasteiger partial charge in [-0.25, -0.2) is 0 Å². The first-order valence-electron chi connectivity index (χ1n) is 9.29. The minimum Gasteiger partial charge on any atom is -0.483 e. The van der Waals surface area contributed by atoms with Gasteiger partial charge in [-0.2, -0.15) is 0 Å². The summed E-state index contributed by atoms with van der Waals surface area (Å²) in [4.78, 5) is 29.0. The van der Waals surface area contributed by atoms with Crippen molar-refractivity contribution in [3.05, 3.63) is 57.6 Å². The largest absolute Gasteiger partial charge is 0.483 e. The highest BCUT2D eigenvalue weighted by molar-refractivity contribution is 6.34. The van der Waals surface area contributed by atoms with Crippen LogP contribution >= 0.6 is 23.2 Å². The average molecular weight is 436 g/mol. The van der Waals surface area contributed by atoms with Crippen molar-refractivity contribution in [3.8, 4) is 5.75 Å². The molecule has 1 N–H and O–H groups in total. The standard InChI is InChI=1S/C21H23Cl2N3O3/c1-14-11-16(22)4-6-19(14)29-13-20(27)24-18-12-15(3-5-17(18)23)21(28)26-9-7-25(2)8-10-26/h3-6,11-12H,7-10,13H2,1-2H3,(H,24,27). The van der Waals surface area contributed by atoms with E-state index in [0.29, 0.717) is 40.1 Å². The van der Waals surface area contributed by atoms with Gasteiger partial charge in [-0.3, -0.25) is 9.59 Å². The predicted molar refractivity (Wildman–Crippen MR) is 115 cm³/mol. The van der Waals surface area contributed by atoms with Crippen molar-refractivity contribution in [2.24, 2.45) is 0 Å². The molecule has 0 aromatic heterocycles. The smallest absolute Gasteiger partial charge is 0.262 e. The van der Waals surface area contributed by atoms with Gasteiger partial charge in [-0.1, -0.05) is 23.2 Å². The van der Waals surface area contributed by atoms with Crippen molar-refractivity contribution >= 4 is 40.7 Å². The molecule has 6 nitrogen and oxygen atoms in total. The molecule has 8 heteroatoms. The van der Waals surface area contributed by atoms with Gasteiger partial charge in [0.15, 0.2) is 6.61 Å². The van der Waals surface area contributed by atoms with Gasteiger partial charge in [0.2, 0.25) is 0 Å². The highest BCUT2D eigenvalue weighted by Crippen LogP contribution is 2.25. The molecule has 0 atom stereocenters. The molecule has 0 spiro atoms. The highest BCUT2D eigenvalue weighted by atomic mass is 35.5. The van der Waals surface area contributed by atoms with E-state index in [4.69, 9.17) is 27.9 Å². The number of likely N-dealkylation sites (N-methyl/N-ethyl adjacent to an activating group) is 1. The zero-order chi connectivity index (χ0) is 21.0. The van der Waals surface area contributed by atoms with Crippen LogP contribution in [-0.4, -0.2) is 61.4 Å². The van der Waals surface area contributed by atoms with E-state index in [1.54, 1.807) is 41.3 Å². The fraction of sp³-hybridized carbons (Fsp3) is 0.333. The van der Waals surface area contributed by atoms with Crippen molar-refractivity contribution in [1.82, 2.24) is 9.80 Å². The van der Waals surface area contributed by atoms with Crippen LogP contribution in [0, 0.1) is 6.92 Å². The maximum Gasteiger partial charge on any atom is 0.262 e. The Morgan fingerprint density at radius 3 is 2.48 bits per heavy atom. The second kappa shape index (κ2) is 9.48. The molecular formula is C21H23Cl2N3O3. The molecule has 2 amide bonds. The molecular weight excluding hydrogens is 413 g/mol. The Hall–Kier alpha value is -2.28. The summed E-state index contributed by atoms with van der Waals surface area (Å²) in [5.41, 5.74) is 1.71. The quantitative estimate of drug-likeness (QED) is 0.777. The van der Waals surface area contributed by atoms with Crippen molar-refractivity contribution in [1.29, 1.82) is 0 Å². The number of benzene rings is 2. The first-order chi connectivity index (χ1) is 13.8. The number of amides is 2. The number of carbonyl (C=O) groups excluding carboxylic acids is 2. The lowest BCUT2D eigenvalue weighted by atomic mass is 10.1. The summed E-state index contributed by atoms with van der Waals surface area (Å²) < 4.78 is 5.55. The number of anilines is 1. The van der Waals surface area contributed by atoms with Crippen LogP contribution in [-0.2, 0) is 4.79 Å². The number of hydrogen-bond donors (Lipinski definition) is 1. The molecule has 29 heavy (non-hydrogen) atoms. The first kappa shape index (κ1) is 21.4. The number of hydrogen-bond acceptors (Lipinski definition) is 4. The summed E-state index contributed by atoms with van der Waals surface area (Å²) in [6, 6.07) is 10.1. The molecule has 1 aliphatic heterocycles. The summed E-state index contributed by atoms with van der Waals surface area (Å²) >= 11 is 12.1. The van der Waals surface area contributed by atoms with Crippen molar-refractivity contribution < 1.29 is 14.3 Å². The fourth-order valence-electron chi connectivity index (χ4n) is 3.05. The van der Waals surface area contributed by atoms with Crippen molar-refractivity contribution in [3.63, 3.8) is 0 Å². The van der Waals surface area contributed by atoms with E-state index in [9.17, 15) is 9.59 Å². The van der Waals surface area contributed by atoms with Gasteiger partial charge < -0.3 is 19.9 Å². The maximum atomic E-state index is 12.7. The Labute approximate surface area is 180 Å². The van der Waals surface area contributed by atoms with Crippen LogP contribution < -0.4 is 10.1 Å². The number of carbonyl (C=O) groups is 2. The fourth-order valence-corrected chi connectivity index (χ4v) is 3.44. The van der Waals surface area contributed by atoms with E-state index < -0.39 is 0 Å². The third kappa shape index (κ3) is 5.63. The monoisotopic (exact) mass is 435 g/mol. The van der Waals surface area contributed by atoms with E-state index in [1.165, 1.54) is 0 Å². The van der Waals surface area contributed by atoms with Gasteiger partial charge in [0, 0.05) is 36.8 Å². The lowest BCUT2D eigenvalue weighted by Crippen LogP contribution is -2.47. The molecule has 2 aromatic carbocycles. The molecule has 1 aliphatic rings. The molecule has 154 valence electrons. The van der Waals surface area contributed by atoms with Crippen molar-refractivity contribution in [2.75, 3.05) is 45.2 Å². The highest BCUT2D eigenvalue weighted by Gasteiger charge is 2.21. The van der Waals surface area contributed by atoms with Gasteiger partial charge >= 0.3 is 0 Å². The molecule has 1 fully saturated rings. The van der Waals surface area contributed by atoms with Crippen LogP contribution in [0.3, 0.4) is 0 Å². The van der Waals surface area contributed by atoms with Crippen LogP contribution in [0.5, 0.6) is 5.75 Å². The van der Waals surface area contributed by atoms with Gasteiger partial charge in [0.1, 0.15) is 5.75 Å². The lowest BCUT2D eigenvalue weighted by Gasteiger charge is -2.32. The molecule has 0 aliphatic carbocycles. The minimum absolute atomic E-state index is 0.0710. The number of piperazine rings is 1. The van der Waals surface area contributed by atoms with E-state index in [2.05, 4.69) is 10.2 Å². The SMILES string of the molecule is Cc1cc(Cl)ccc1OCC(=O)Nc1cc(C(=O)N2CCN(C)CC2)ccc1Cl. The van der Waals surface area contributed by atoms with Crippen LogP contribution in [0.2, 0.25) is 10.0 Å². The Kier molecular flexibility index (Phi) is 7.00. The summed E-state index contributed by atoms with van der Waals surface area (Å²) in [6.07, 6.45) is 0. The Morgan fingerprint density at radius 2 is 1.79 bits per heavy atom. The molecule has 0 bridgehead atoms. The average Bonchev–Trinajstić information content (AvgIpc) is 2.69. The van der Waals surface area contributed by atoms with Gasteiger partial charge in [0.05, 0.1) is 10.7 Å². The van der Waals surface area contributed by atoms with Crippen molar-refractivity contribution in [2.45, 2.75) is 6.92 Å². The van der Waals surface area contributed by atoms with E-state index in [1.807, 2.05) is 14.0 Å². The van der Waals surface area contributed by atoms with Gasteiger partial charge in [-0.05, 0) is 55.9 Å². The summed E-state index contributed by atoms with van der Waals surface area (Å²) in [5.74, 6) is 0.137. The van der Waals surface area contributed by atoms with Crippen LogP contribution in [0.25, 0.3) is 0 Å². The van der Waals surface area contributed by atoms with E-state index in [0.717, 1.165) is 18.7 Å². The molecule has 2 aromatic rings. The van der Waals surface area contributed by atoms with E-state index in [-0.39, 0.29) is 18.4 Å². The zero-order valence-corrected chi connectivity index (χ0v) is 17.9. The number of nitrogens with one attached hydrogen (secondary N) is 1. The van der Waals surface area contributed by atoms with Crippen LogP contribution in [0.15, 0.2) is 36.4 Å². The third-order valence-electron chi connectivity index (χ3n) is 4.77. The third-order valence-corrected chi connectivity index (χ3v) is 5.34. The zero-order valence-electron chi connectivity index (χ0n) is 16.4. The lowest BCUT2D eigenvalue weighted by molar-refractivity contribution is -0.118. The van der Waals surface area contributed by atoms with Crippen LogP contribution in [0.4, 0.5) is 5.69 Å². The predicted octanol–water partition coefficient (Wildman–Crippen LogP) is 3.71. The van der Waals surface area contributed by atoms with Crippen LogP contribution in [0.1, 0.15) is 15.9 Å². The normalized spacial score (nSPS) is 14.6. The Balaban J connectivity index is 1.63. The van der Waals surface area contributed by atoms with Gasteiger partial charge in [-0.15, -0.1) is 0 Å². The molecule has 0 radical (unpaired) electrons. The molecule has 1 saturated heterocycles. The topological polar surface area (TPSA) is 61.9 Å². The Bertz CT molecular complexity index is 912. The van der Waals surface area contributed by atoms with Gasteiger partial charge in [0.25, 0.3) is 11.8 Å². The second-order valence-electron chi connectivity index (χ2n) is 7.04. The maximum absolute atomic E-state index is 12.7. The Morgan fingerprint density at radius 1 is 1.07 bits per heavy atom. The molecule has 0 saturated carbocycles. The summed E-state index contributed by atoms with van der Waals surface area (Å²) in [5, 5.41) is 3.68. The minimum atomic E-state index is -0.370. The second-order valence-corrected chi connectivity index (χ2v) is 7.88. The number of rotatable bonds is 5. The summed E-state index contributed by atoms with van der Waals surface area (Å²) in [7, 11) is 2.03. The number of nitrogens with zero attached hydrogens (tertiary/aromatic N) is 2. The van der Waals surface area contributed by atoms with E-state index >= 15 is 0 Å². The number of aryl methyl sites for hydroxylation is 1. The number of halogens is 2. The molecule has 1 heterocycles. The first-order valence-corrected chi connectivity index (χ1v) is 10.1. The molecule has 3 rings (SSSR count).